The fraction of sp³-hybridized carbons (Fsp3) is 0.423. The van der Waals surface area contributed by atoms with E-state index in [0.717, 1.165) is 51.7 Å². The van der Waals surface area contributed by atoms with Crippen LogP contribution in [-0.4, -0.2) is 47.5 Å². The van der Waals surface area contributed by atoms with Crippen LogP contribution in [0.25, 0.3) is 10.9 Å². The minimum absolute atomic E-state index is 0.104. The molecule has 4 rings (SSSR count). The number of aromatic nitrogens is 1. The van der Waals surface area contributed by atoms with Gasteiger partial charge in [-0.1, -0.05) is 15.9 Å². The number of primary amides is 1. The third-order valence-corrected chi connectivity index (χ3v) is 6.35. The SMILES string of the molecule is CC(Cc1cc(C(N)=O)c2c(ccn2CCCO)c1)NCCOc1ccc(Br)cc1OC1CC1. The molecular formula is C26H32BrN3O4. The molecular weight excluding hydrogens is 498 g/mol. The normalized spacial score (nSPS) is 14.3. The summed E-state index contributed by atoms with van der Waals surface area (Å²) in [6.45, 7) is 4.06. The lowest BCUT2D eigenvalue weighted by molar-refractivity contribution is 0.100. The number of ether oxygens (including phenoxy) is 2. The molecule has 1 unspecified atom stereocenters. The molecule has 0 spiro atoms. The molecule has 3 aromatic rings. The van der Waals surface area contributed by atoms with Crippen molar-refractivity contribution >= 4 is 32.7 Å². The number of hydrogen-bond donors (Lipinski definition) is 3. The minimum atomic E-state index is -0.441. The second-order valence-electron chi connectivity index (χ2n) is 8.85. The van der Waals surface area contributed by atoms with Crippen molar-refractivity contribution in [2.45, 2.75) is 51.3 Å². The predicted molar refractivity (Wildman–Crippen MR) is 137 cm³/mol. The smallest absolute Gasteiger partial charge is 0.250 e. The summed E-state index contributed by atoms with van der Waals surface area (Å²) < 4.78 is 14.9. The Hall–Kier alpha value is -2.55. The third kappa shape index (κ3) is 6.31. The van der Waals surface area contributed by atoms with Gasteiger partial charge in [-0.25, -0.2) is 0 Å². The number of aliphatic hydroxyl groups excluding tert-OH is 1. The number of hydrogen-bond acceptors (Lipinski definition) is 5. The number of carbonyl (C=O) groups excluding carboxylic acids is 1. The minimum Gasteiger partial charge on any atom is -0.488 e. The summed E-state index contributed by atoms with van der Waals surface area (Å²) >= 11 is 3.49. The highest BCUT2D eigenvalue weighted by molar-refractivity contribution is 9.10. The van der Waals surface area contributed by atoms with Crippen molar-refractivity contribution in [1.29, 1.82) is 0 Å². The molecule has 8 heteroatoms. The number of amides is 1. The van der Waals surface area contributed by atoms with Crippen molar-refractivity contribution in [2.75, 3.05) is 19.8 Å². The van der Waals surface area contributed by atoms with Gasteiger partial charge in [-0.15, -0.1) is 0 Å². The number of nitrogens with one attached hydrogen (secondary N) is 1. The molecule has 182 valence electrons. The van der Waals surface area contributed by atoms with Gasteiger partial charge in [0.15, 0.2) is 11.5 Å². The fourth-order valence-corrected chi connectivity index (χ4v) is 4.44. The molecule has 1 amide bonds. The van der Waals surface area contributed by atoms with Gasteiger partial charge in [0.2, 0.25) is 0 Å². The van der Waals surface area contributed by atoms with Crippen molar-refractivity contribution < 1.29 is 19.4 Å². The number of nitrogens with zero attached hydrogens (tertiary/aromatic N) is 1. The second-order valence-corrected chi connectivity index (χ2v) is 9.76. The lowest BCUT2D eigenvalue weighted by Crippen LogP contribution is -2.32. The van der Waals surface area contributed by atoms with E-state index < -0.39 is 5.91 Å². The van der Waals surface area contributed by atoms with Crippen LogP contribution in [0.1, 0.15) is 42.1 Å². The molecule has 1 atom stereocenters. The van der Waals surface area contributed by atoms with E-state index in [2.05, 4.69) is 34.2 Å². The number of fused-ring (bicyclic) bond motifs is 1. The fourth-order valence-electron chi connectivity index (χ4n) is 4.10. The van der Waals surface area contributed by atoms with E-state index in [1.54, 1.807) is 0 Å². The zero-order valence-corrected chi connectivity index (χ0v) is 21.0. The van der Waals surface area contributed by atoms with Crippen LogP contribution >= 0.6 is 15.9 Å². The predicted octanol–water partition coefficient (Wildman–Crippen LogP) is 4.03. The largest absolute Gasteiger partial charge is 0.488 e. The quantitative estimate of drug-likeness (QED) is 0.290. The summed E-state index contributed by atoms with van der Waals surface area (Å²) in [6, 6.07) is 12.0. The number of benzene rings is 2. The van der Waals surface area contributed by atoms with Crippen molar-refractivity contribution in [3.05, 3.63) is 58.2 Å². The highest BCUT2D eigenvalue weighted by Gasteiger charge is 2.25. The Kier molecular flexibility index (Phi) is 8.13. The molecule has 1 aromatic heterocycles. The summed E-state index contributed by atoms with van der Waals surface area (Å²) in [5.41, 5.74) is 8.10. The first-order valence-electron chi connectivity index (χ1n) is 11.8. The first kappa shape index (κ1) is 24.6. The summed E-state index contributed by atoms with van der Waals surface area (Å²) in [5.74, 6) is 1.10. The van der Waals surface area contributed by atoms with E-state index >= 15 is 0 Å². The van der Waals surface area contributed by atoms with Crippen LogP contribution in [0.4, 0.5) is 0 Å². The monoisotopic (exact) mass is 529 g/mol. The molecule has 0 radical (unpaired) electrons. The molecule has 1 aliphatic rings. The van der Waals surface area contributed by atoms with E-state index in [-0.39, 0.29) is 12.6 Å². The molecule has 7 nitrogen and oxygen atoms in total. The second kappa shape index (κ2) is 11.3. The average molecular weight is 530 g/mol. The Bertz CT molecular complexity index is 1140. The molecule has 1 aliphatic carbocycles. The Morgan fingerprint density at radius 2 is 2.09 bits per heavy atom. The molecule has 4 N–H and O–H groups in total. The summed E-state index contributed by atoms with van der Waals surface area (Å²) in [4.78, 5) is 12.2. The van der Waals surface area contributed by atoms with Gasteiger partial charge in [-0.05, 0) is 74.6 Å². The van der Waals surface area contributed by atoms with Crippen LogP contribution in [0.15, 0.2) is 47.1 Å². The van der Waals surface area contributed by atoms with Crippen LogP contribution in [0.3, 0.4) is 0 Å². The number of aliphatic hydroxyl groups is 1. The molecule has 1 saturated carbocycles. The lowest BCUT2D eigenvalue weighted by Gasteiger charge is -2.17. The Balaban J connectivity index is 1.34. The van der Waals surface area contributed by atoms with Crippen LogP contribution < -0.4 is 20.5 Å². The standard InChI is InChI=1S/C26H32BrN3O4/c1-17(29-8-12-33-23-6-3-20(27)16-24(23)34-21-4-5-21)13-18-14-19-7-10-30(9-2-11-31)25(19)22(15-18)26(28)32/h3,6-7,10,14-17,21,29,31H,2,4-5,8-9,11-13H2,1H3,(H2,28,32). The maximum absolute atomic E-state index is 12.2. The van der Waals surface area contributed by atoms with Crippen molar-refractivity contribution in [3.63, 3.8) is 0 Å². The van der Waals surface area contributed by atoms with Gasteiger partial charge in [-0.2, -0.15) is 0 Å². The van der Waals surface area contributed by atoms with Gasteiger partial charge >= 0.3 is 0 Å². The number of rotatable bonds is 13. The van der Waals surface area contributed by atoms with E-state index in [4.69, 9.17) is 20.3 Å². The highest BCUT2D eigenvalue weighted by Crippen LogP contribution is 2.35. The molecule has 2 aromatic carbocycles. The average Bonchev–Trinajstić information content (AvgIpc) is 3.53. The molecule has 0 aliphatic heterocycles. The highest BCUT2D eigenvalue weighted by atomic mass is 79.9. The van der Waals surface area contributed by atoms with Gasteiger partial charge < -0.3 is 30.2 Å². The Morgan fingerprint density at radius 3 is 2.82 bits per heavy atom. The van der Waals surface area contributed by atoms with Crippen molar-refractivity contribution in [1.82, 2.24) is 9.88 Å². The van der Waals surface area contributed by atoms with Crippen LogP contribution in [0.5, 0.6) is 11.5 Å². The number of aryl methyl sites for hydroxylation is 1. The van der Waals surface area contributed by atoms with Gasteiger partial charge in [0.05, 0.1) is 17.2 Å². The summed E-state index contributed by atoms with van der Waals surface area (Å²) in [7, 11) is 0. The molecule has 0 saturated heterocycles. The molecule has 1 fully saturated rings. The third-order valence-electron chi connectivity index (χ3n) is 5.86. The van der Waals surface area contributed by atoms with Crippen molar-refractivity contribution in [3.8, 4) is 11.5 Å². The molecule has 34 heavy (non-hydrogen) atoms. The topological polar surface area (TPSA) is 98.7 Å². The number of nitrogens with two attached hydrogens (primary N) is 1. The summed E-state index contributed by atoms with van der Waals surface area (Å²) in [6.07, 6.45) is 5.83. The van der Waals surface area contributed by atoms with E-state index in [0.29, 0.717) is 37.8 Å². The maximum Gasteiger partial charge on any atom is 0.250 e. The lowest BCUT2D eigenvalue weighted by atomic mass is 10.0. The molecule has 0 bridgehead atoms. The summed E-state index contributed by atoms with van der Waals surface area (Å²) in [5, 5.41) is 13.6. The van der Waals surface area contributed by atoms with Gasteiger partial charge in [-0.3, -0.25) is 4.79 Å². The zero-order chi connectivity index (χ0) is 24.1. The zero-order valence-electron chi connectivity index (χ0n) is 19.4. The van der Waals surface area contributed by atoms with Gasteiger partial charge in [0.25, 0.3) is 5.91 Å². The first-order chi connectivity index (χ1) is 16.4. The number of carbonyl (C=O) groups is 1. The van der Waals surface area contributed by atoms with Crippen LogP contribution in [0.2, 0.25) is 0 Å². The van der Waals surface area contributed by atoms with E-state index in [1.807, 2.05) is 41.1 Å². The Morgan fingerprint density at radius 1 is 1.26 bits per heavy atom. The number of halogens is 1. The van der Waals surface area contributed by atoms with E-state index in [9.17, 15) is 4.79 Å². The van der Waals surface area contributed by atoms with Crippen molar-refractivity contribution in [2.24, 2.45) is 5.73 Å². The maximum atomic E-state index is 12.2. The van der Waals surface area contributed by atoms with Gasteiger partial charge in [0, 0.05) is 41.8 Å². The van der Waals surface area contributed by atoms with Gasteiger partial charge in [0.1, 0.15) is 6.61 Å². The molecule has 1 heterocycles. The van der Waals surface area contributed by atoms with E-state index in [1.165, 1.54) is 0 Å². The van der Waals surface area contributed by atoms with Crippen LogP contribution in [-0.2, 0) is 13.0 Å². The first-order valence-corrected chi connectivity index (χ1v) is 12.6. The van der Waals surface area contributed by atoms with Crippen LogP contribution in [0, 0.1) is 0 Å². The Labute approximate surface area is 208 Å².